The van der Waals surface area contributed by atoms with Crippen LogP contribution in [0.1, 0.15) is 26.7 Å². The van der Waals surface area contributed by atoms with Crippen molar-refractivity contribution in [1.29, 1.82) is 0 Å². The molecule has 29 heavy (non-hydrogen) atoms. The Labute approximate surface area is 173 Å². The molecule has 0 amide bonds. The van der Waals surface area contributed by atoms with Crippen LogP contribution < -0.4 is 5.32 Å². The lowest BCUT2D eigenvalue weighted by Gasteiger charge is -2.34. The van der Waals surface area contributed by atoms with Gasteiger partial charge in [0.1, 0.15) is 5.82 Å². The van der Waals surface area contributed by atoms with Crippen LogP contribution in [-0.2, 0) is 7.05 Å². The lowest BCUT2D eigenvalue weighted by atomic mass is 9.94. The van der Waals surface area contributed by atoms with E-state index in [0.29, 0.717) is 11.8 Å². The van der Waals surface area contributed by atoms with Gasteiger partial charge in [-0.3, -0.25) is 0 Å². The van der Waals surface area contributed by atoms with E-state index in [1.54, 1.807) is 0 Å². The Morgan fingerprint density at radius 2 is 2.10 bits per heavy atom. The van der Waals surface area contributed by atoms with Crippen molar-refractivity contribution in [3.8, 4) is 11.3 Å². The fraction of sp³-hybridized carbons (Fsp3) is 0.417. The van der Waals surface area contributed by atoms with Gasteiger partial charge in [-0.05, 0) is 42.8 Å². The standard InChI is InChI=1S/C24H31N5/c1-17(2)14-29-9-5-6-21(15-29)18(3)27-24-11-22-10-19(7-8-20(22)12-26-24)23-13-25-16-28(23)4/h7-8,10-13,16-17,21H,3,5-6,9,14-15H2,1-2,4H3,(H,26,27). The van der Waals surface area contributed by atoms with Gasteiger partial charge in [0, 0.05) is 48.9 Å². The van der Waals surface area contributed by atoms with Crippen LogP contribution in [-0.4, -0.2) is 39.1 Å². The molecule has 0 saturated carbocycles. The van der Waals surface area contributed by atoms with Crippen LogP contribution in [0.3, 0.4) is 0 Å². The lowest BCUT2D eigenvalue weighted by molar-refractivity contribution is 0.174. The number of benzene rings is 1. The van der Waals surface area contributed by atoms with E-state index >= 15 is 0 Å². The Balaban J connectivity index is 1.50. The van der Waals surface area contributed by atoms with Crippen molar-refractivity contribution in [2.45, 2.75) is 26.7 Å². The minimum absolute atomic E-state index is 0.473. The zero-order valence-corrected chi connectivity index (χ0v) is 17.7. The van der Waals surface area contributed by atoms with E-state index < -0.39 is 0 Å². The maximum atomic E-state index is 4.62. The average molecular weight is 390 g/mol. The molecule has 5 heteroatoms. The molecule has 1 aliphatic rings. The number of fused-ring (bicyclic) bond motifs is 1. The largest absolute Gasteiger partial charge is 0.344 e. The average Bonchev–Trinajstić information content (AvgIpc) is 3.13. The summed E-state index contributed by atoms with van der Waals surface area (Å²) in [6.45, 7) is 12.4. The Morgan fingerprint density at radius 3 is 2.86 bits per heavy atom. The molecular weight excluding hydrogens is 358 g/mol. The molecule has 4 rings (SSSR count). The van der Waals surface area contributed by atoms with Gasteiger partial charge in [0.05, 0.1) is 18.2 Å². The maximum absolute atomic E-state index is 4.62. The molecular formula is C24H31N5. The van der Waals surface area contributed by atoms with Gasteiger partial charge in [0.15, 0.2) is 0 Å². The minimum Gasteiger partial charge on any atom is -0.344 e. The molecule has 0 radical (unpaired) electrons. The zero-order chi connectivity index (χ0) is 20.4. The van der Waals surface area contributed by atoms with Crippen LogP contribution >= 0.6 is 0 Å². The first-order valence-electron chi connectivity index (χ1n) is 10.5. The van der Waals surface area contributed by atoms with Crippen molar-refractivity contribution in [2.75, 3.05) is 25.0 Å². The Kier molecular flexibility index (Phi) is 5.67. The summed E-state index contributed by atoms with van der Waals surface area (Å²) in [5.41, 5.74) is 3.34. The van der Waals surface area contributed by atoms with Crippen LogP contribution in [0, 0.1) is 11.8 Å². The third-order valence-corrected chi connectivity index (χ3v) is 5.74. The van der Waals surface area contributed by atoms with Crippen molar-refractivity contribution in [1.82, 2.24) is 19.4 Å². The molecule has 1 saturated heterocycles. The Bertz CT molecular complexity index is 1000. The molecule has 1 N–H and O–H groups in total. The molecule has 0 aliphatic carbocycles. The number of nitrogens with zero attached hydrogens (tertiary/aromatic N) is 4. The summed E-state index contributed by atoms with van der Waals surface area (Å²) in [6, 6.07) is 8.56. The van der Waals surface area contributed by atoms with Crippen LogP contribution in [0.4, 0.5) is 5.82 Å². The summed E-state index contributed by atoms with van der Waals surface area (Å²) in [4.78, 5) is 11.4. The van der Waals surface area contributed by atoms with Crippen LogP contribution in [0.2, 0.25) is 0 Å². The normalized spacial score (nSPS) is 17.7. The van der Waals surface area contributed by atoms with Gasteiger partial charge in [-0.2, -0.15) is 0 Å². The van der Waals surface area contributed by atoms with Gasteiger partial charge in [0.25, 0.3) is 0 Å². The SMILES string of the molecule is C=C(Nc1cc2cc(-c3cncn3C)ccc2cn1)C1CCCN(CC(C)C)C1. The van der Waals surface area contributed by atoms with Crippen LogP contribution in [0.15, 0.2) is 55.3 Å². The first-order chi connectivity index (χ1) is 14.0. The molecule has 1 aliphatic heterocycles. The number of hydrogen-bond donors (Lipinski definition) is 1. The first kappa shape index (κ1) is 19.6. The first-order valence-corrected chi connectivity index (χ1v) is 10.5. The van der Waals surface area contributed by atoms with Crippen molar-refractivity contribution in [3.05, 3.63) is 55.3 Å². The third kappa shape index (κ3) is 4.51. The number of hydrogen-bond acceptors (Lipinski definition) is 4. The predicted octanol–water partition coefficient (Wildman–Crippen LogP) is 4.93. The van der Waals surface area contributed by atoms with Gasteiger partial charge < -0.3 is 14.8 Å². The highest BCUT2D eigenvalue weighted by Gasteiger charge is 2.22. The van der Waals surface area contributed by atoms with Gasteiger partial charge in [-0.1, -0.05) is 32.6 Å². The summed E-state index contributed by atoms with van der Waals surface area (Å²) in [7, 11) is 2.02. The number of likely N-dealkylation sites (tertiary alicyclic amines) is 1. The monoisotopic (exact) mass is 389 g/mol. The third-order valence-electron chi connectivity index (χ3n) is 5.74. The lowest BCUT2D eigenvalue weighted by Crippen LogP contribution is -2.39. The van der Waals surface area contributed by atoms with Crippen molar-refractivity contribution in [2.24, 2.45) is 18.9 Å². The molecule has 0 spiro atoms. The second kappa shape index (κ2) is 8.37. The van der Waals surface area contributed by atoms with E-state index in [2.05, 4.69) is 64.9 Å². The Hall–Kier alpha value is -2.66. The number of aromatic nitrogens is 3. The molecule has 0 bridgehead atoms. The number of piperidine rings is 1. The molecule has 1 aromatic carbocycles. The fourth-order valence-corrected chi connectivity index (χ4v) is 4.29. The second-order valence-corrected chi connectivity index (χ2v) is 8.66. The van der Waals surface area contributed by atoms with E-state index in [-0.39, 0.29) is 0 Å². The fourth-order valence-electron chi connectivity index (χ4n) is 4.29. The topological polar surface area (TPSA) is 46.0 Å². The van der Waals surface area contributed by atoms with Crippen LogP contribution in [0.25, 0.3) is 22.0 Å². The highest BCUT2D eigenvalue weighted by molar-refractivity contribution is 5.88. The molecule has 2 aromatic heterocycles. The highest BCUT2D eigenvalue weighted by Crippen LogP contribution is 2.27. The summed E-state index contributed by atoms with van der Waals surface area (Å²) >= 11 is 0. The number of imidazole rings is 1. The Morgan fingerprint density at radius 1 is 1.24 bits per heavy atom. The summed E-state index contributed by atoms with van der Waals surface area (Å²) in [5, 5.41) is 5.79. The number of nitrogens with one attached hydrogen (secondary N) is 1. The molecule has 152 valence electrons. The summed E-state index contributed by atoms with van der Waals surface area (Å²) in [5.74, 6) is 2.04. The van der Waals surface area contributed by atoms with E-state index in [0.717, 1.165) is 41.2 Å². The van der Waals surface area contributed by atoms with E-state index in [9.17, 15) is 0 Å². The van der Waals surface area contributed by atoms with Crippen molar-refractivity contribution < 1.29 is 0 Å². The quantitative estimate of drug-likeness (QED) is 0.649. The maximum Gasteiger partial charge on any atom is 0.130 e. The highest BCUT2D eigenvalue weighted by atomic mass is 15.1. The van der Waals surface area contributed by atoms with Gasteiger partial charge in [-0.15, -0.1) is 0 Å². The van der Waals surface area contributed by atoms with Gasteiger partial charge in [0.2, 0.25) is 0 Å². The van der Waals surface area contributed by atoms with Crippen molar-refractivity contribution in [3.63, 3.8) is 0 Å². The van der Waals surface area contributed by atoms with Gasteiger partial charge >= 0.3 is 0 Å². The van der Waals surface area contributed by atoms with Crippen molar-refractivity contribution >= 4 is 16.6 Å². The molecule has 3 heterocycles. The molecule has 5 nitrogen and oxygen atoms in total. The number of rotatable bonds is 6. The molecule has 1 unspecified atom stereocenters. The smallest absolute Gasteiger partial charge is 0.130 e. The molecule has 1 atom stereocenters. The van der Waals surface area contributed by atoms with Gasteiger partial charge in [-0.25, -0.2) is 9.97 Å². The van der Waals surface area contributed by atoms with Crippen LogP contribution in [0.5, 0.6) is 0 Å². The second-order valence-electron chi connectivity index (χ2n) is 8.66. The van der Waals surface area contributed by atoms with E-state index in [1.165, 1.54) is 24.8 Å². The molecule has 3 aromatic rings. The number of pyridine rings is 1. The zero-order valence-electron chi connectivity index (χ0n) is 17.7. The number of aryl methyl sites for hydroxylation is 1. The predicted molar refractivity (Wildman–Crippen MR) is 121 cm³/mol. The van der Waals surface area contributed by atoms with E-state index in [4.69, 9.17) is 0 Å². The summed E-state index contributed by atoms with van der Waals surface area (Å²) < 4.78 is 2.04. The minimum atomic E-state index is 0.473. The number of anilines is 1. The molecule has 1 fully saturated rings. The van der Waals surface area contributed by atoms with E-state index in [1.807, 2.05) is 30.3 Å². The summed E-state index contributed by atoms with van der Waals surface area (Å²) in [6.07, 6.45) is 8.09.